The molecular weight excluding hydrogens is 1300 g/mol. The molecule has 0 aromatic heterocycles. The zero-order valence-electron chi connectivity index (χ0n) is 60.1. The molecule has 4 rings (SSSR count). The highest BCUT2D eigenvalue weighted by Crippen LogP contribution is 2.31. The number of benzene rings is 2. The molecule has 2 aromatic carbocycles. The van der Waals surface area contributed by atoms with Crippen LogP contribution in [0.4, 0.5) is 15.3 Å². The number of amides is 13. The van der Waals surface area contributed by atoms with Gasteiger partial charge in [0.1, 0.15) is 36.8 Å². The van der Waals surface area contributed by atoms with Gasteiger partial charge in [-0.25, -0.2) is 9.59 Å². The van der Waals surface area contributed by atoms with Gasteiger partial charge in [-0.1, -0.05) is 111 Å². The first-order chi connectivity index (χ1) is 47.2. The number of rotatable bonds is 40. The number of carbonyl (C=O) groups excluding carboxylic acids is 12. The van der Waals surface area contributed by atoms with Crippen molar-refractivity contribution in [1.29, 1.82) is 0 Å². The summed E-state index contributed by atoms with van der Waals surface area (Å²) in [7, 11) is 6.01. The molecule has 0 bridgehead atoms. The van der Waals surface area contributed by atoms with Crippen molar-refractivity contribution in [3.8, 4) is 0 Å². The standard InChI is InChI=1S/C70H106N12O18/c1-15-42(8)60(51(98-13)37-55(86)81-35-20-24-50(81)62(99-14)43(9)63(90)73-44(10)61(89)46-21-17-16-18-22-46)79(11)68(95)58(40(4)5)78-67(94)59(41(6)7)80(12)70(97)100-38-45-25-27-47(28-26-45)74-64(91)48(23-19-34-72-69(71)96)76-66(93)57(39(2)3)77-65(92)49(29-32-56(87)88)75-52(83)33-36-82-53(84)30-31-54(82)85/h16-18,21-22,25-28,30-31,39-44,48-51,57-62,89H,15,19-20,23-24,29,32-38H2,1-14H3,(H,73,90)(H,74,91)(H,75,83)(H,76,93)(H,77,92)(H,78,94)(H,87,88)(H3,71,72,96)/t42-,43+,44+,48-,49-,50-,51+,57-,58-,59-,60-,61+,62+/m0/s1. The summed E-state index contributed by atoms with van der Waals surface area (Å²) in [5, 5.41) is 39.0. The zero-order chi connectivity index (χ0) is 74.8. The van der Waals surface area contributed by atoms with Crippen LogP contribution in [-0.4, -0.2) is 215 Å². The third-order valence-corrected chi connectivity index (χ3v) is 18.3. The number of carbonyl (C=O) groups is 13. The number of primary amides is 1. The van der Waals surface area contributed by atoms with Crippen LogP contribution in [0.2, 0.25) is 0 Å². The molecule has 0 radical (unpaired) electrons. The highest BCUT2D eigenvalue weighted by Gasteiger charge is 2.44. The number of aliphatic hydroxyl groups excluding tert-OH is 1. The normalized spacial score (nSPS) is 17.3. The Balaban J connectivity index is 1.41. The van der Waals surface area contributed by atoms with Gasteiger partial charge < -0.3 is 77.2 Å². The Morgan fingerprint density at radius 1 is 0.690 bits per heavy atom. The van der Waals surface area contributed by atoms with Crippen LogP contribution in [0.3, 0.4) is 0 Å². The molecule has 0 unspecified atom stereocenters. The van der Waals surface area contributed by atoms with Crippen LogP contribution < -0.4 is 43.0 Å². The molecule has 30 heteroatoms. The maximum absolute atomic E-state index is 14.8. The fraction of sp³-hybridized carbons (Fsp3) is 0.614. The lowest BCUT2D eigenvalue weighted by Gasteiger charge is -2.41. The van der Waals surface area contributed by atoms with Gasteiger partial charge in [0.15, 0.2) is 0 Å². The van der Waals surface area contributed by atoms with Gasteiger partial charge in [0.25, 0.3) is 11.8 Å². The summed E-state index contributed by atoms with van der Waals surface area (Å²) in [4.78, 5) is 178. The Labute approximate surface area is 585 Å². The van der Waals surface area contributed by atoms with Crippen molar-refractivity contribution in [2.24, 2.45) is 35.3 Å². The summed E-state index contributed by atoms with van der Waals surface area (Å²) >= 11 is 0. The van der Waals surface area contributed by atoms with Crippen LogP contribution in [0.25, 0.3) is 0 Å². The number of likely N-dealkylation sites (N-methyl/N-ethyl adjacent to an activating group) is 2. The Kier molecular flexibility index (Phi) is 33.6. The molecule has 2 aliphatic rings. The number of anilines is 1. The van der Waals surface area contributed by atoms with Crippen molar-refractivity contribution in [2.45, 2.75) is 200 Å². The summed E-state index contributed by atoms with van der Waals surface area (Å²) < 4.78 is 17.7. The SMILES string of the molecule is CC[C@H](C)[C@@H]([C@@H](CC(=O)N1CCC[C@H]1[C@H](OC)[C@@H](C)C(=O)N[C@H](C)[C@@H](O)c1ccccc1)OC)N(C)C(=O)[C@@H](NC(=O)[C@H](C(C)C)N(C)C(=O)OCc1ccc(NC(=O)[C@H](CCCNC(N)=O)NC(=O)[C@@H](NC(=O)[C@H](CCC(=O)O)NC(=O)CCN2C(=O)C=CC2=O)C(C)C)cc1)C(C)C. The van der Waals surface area contributed by atoms with Crippen molar-refractivity contribution in [3.63, 3.8) is 0 Å². The number of aliphatic carboxylic acids is 1. The van der Waals surface area contributed by atoms with E-state index >= 15 is 0 Å². The molecule has 2 aliphatic heterocycles. The Hall–Kier alpha value is -9.03. The minimum Gasteiger partial charge on any atom is -0.481 e. The minimum absolute atomic E-state index is 0.0251. The van der Waals surface area contributed by atoms with E-state index in [2.05, 4.69) is 37.2 Å². The Morgan fingerprint density at radius 2 is 1.30 bits per heavy atom. The van der Waals surface area contributed by atoms with Crippen molar-refractivity contribution >= 4 is 82.9 Å². The predicted molar refractivity (Wildman–Crippen MR) is 368 cm³/mol. The number of hydrogen-bond donors (Lipinski definition) is 10. The highest BCUT2D eigenvalue weighted by molar-refractivity contribution is 6.13. The summed E-state index contributed by atoms with van der Waals surface area (Å²) in [5.41, 5.74) is 6.62. The van der Waals surface area contributed by atoms with Gasteiger partial charge in [0, 0.05) is 78.6 Å². The molecule has 30 nitrogen and oxygen atoms in total. The number of aliphatic hydroxyl groups is 1. The molecule has 13 amide bonds. The molecule has 0 spiro atoms. The monoisotopic (exact) mass is 1400 g/mol. The highest BCUT2D eigenvalue weighted by atomic mass is 16.6. The average Bonchev–Trinajstić information content (AvgIpc) is 1.40. The largest absolute Gasteiger partial charge is 0.481 e. The molecule has 2 heterocycles. The lowest BCUT2D eigenvalue weighted by Crippen LogP contribution is -2.60. The second-order valence-electron chi connectivity index (χ2n) is 26.7. The van der Waals surface area contributed by atoms with Gasteiger partial charge >= 0.3 is 18.1 Å². The minimum atomic E-state index is -1.46. The van der Waals surface area contributed by atoms with E-state index in [-0.39, 0.29) is 68.8 Å². The van der Waals surface area contributed by atoms with Crippen LogP contribution in [0, 0.1) is 29.6 Å². The summed E-state index contributed by atoms with van der Waals surface area (Å²) in [6, 6.07) is 6.32. The van der Waals surface area contributed by atoms with Crippen LogP contribution >= 0.6 is 0 Å². The summed E-state index contributed by atoms with van der Waals surface area (Å²) in [5.74, 6) is -9.90. The van der Waals surface area contributed by atoms with E-state index < -0.39 is 169 Å². The Bertz CT molecular complexity index is 3150. The number of nitrogens with one attached hydrogen (secondary N) is 7. The summed E-state index contributed by atoms with van der Waals surface area (Å²) in [6.45, 7) is 17.4. The number of nitrogens with two attached hydrogens (primary N) is 1. The quantitative estimate of drug-likeness (QED) is 0.0338. The Morgan fingerprint density at radius 3 is 1.86 bits per heavy atom. The topological polar surface area (TPSA) is 413 Å². The molecule has 1 saturated heterocycles. The molecule has 100 heavy (non-hydrogen) atoms. The third-order valence-electron chi connectivity index (χ3n) is 18.3. The average molecular weight is 1400 g/mol. The molecule has 0 saturated carbocycles. The van der Waals surface area contributed by atoms with E-state index in [0.29, 0.717) is 36.9 Å². The number of imide groups is 1. The molecule has 0 aliphatic carbocycles. The van der Waals surface area contributed by atoms with E-state index in [1.54, 1.807) is 91.6 Å². The van der Waals surface area contributed by atoms with Crippen LogP contribution in [0.5, 0.6) is 0 Å². The molecule has 13 atom stereocenters. The van der Waals surface area contributed by atoms with Crippen LogP contribution in [0.15, 0.2) is 66.7 Å². The first-order valence-corrected chi connectivity index (χ1v) is 34.1. The lowest BCUT2D eigenvalue weighted by atomic mass is 9.89. The molecule has 2 aromatic rings. The van der Waals surface area contributed by atoms with Gasteiger partial charge in [-0.2, -0.15) is 0 Å². The van der Waals surface area contributed by atoms with E-state index in [4.69, 9.17) is 19.9 Å². The van der Waals surface area contributed by atoms with Gasteiger partial charge in [-0.3, -0.25) is 62.5 Å². The van der Waals surface area contributed by atoms with Crippen molar-refractivity contribution in [2.75, 3.05) is 53.3 Å². The fourth-order valence-electron chi connectivity index (χ4n) is 12.4. The first-order valence-electron chi connectivity index (χ1n) is 34.1. The molecule has 1 fully saturated rings. The molecule has 554 valence electrons. The van der Waals surface area contributed by atoms with Gasteiger partial charge in [0.2, 0.25) is 47.3 Å². The number of urea groups is 1. The molecule has 11 N–H and O–H groups in total. The van der Waals surface area contributed by atoms with Gasteiger partial charge in [-0.15, -0.1) is 0 Å². The smallest absolute Gasteiger partial charge is 0.410 e. The number of nitrogens with zero attached hydrogens (tertiary/aromatic N) is 4. The maximum Gasteiger partial charge on any atom is 0.410 e. The number of ether oxygens (including phenoxy) is 3. The number of likely N-dealkylation sites (tertiary alicyclic amines) is 1. The summed E-state index contributed by atoms with van der Waals surface area (Å²) in [6.07, 6.45) is -0.742. The molecular formula is C70H106N12O18. The first kappa shape index (κ1) is 83.4. The number of hydrogen-bond acceptors (Lipinski definition) is 17. The van der Waals surface area contributed by atoms with Gasteiger partial charge in [-0.05, 0) is 86.0 Å². The predicted octanol–water partition coefficient (Wildman–Crippen LogP) is 3.26. The number of carboxylic acid groups (broad SMARTS) is 1. The lowest BCUT2D eigenvalue weighted by molar-refractivity contribution is -0.148. The van der Waals surface area contributed by atoms with Gasteiger partial charge in [0.05, 0.1) is 48.8 Å². The van der Waals surface area contributed by atoms with E-state index in [1.165, 1.54) is 38.3 Å². The van der Waals surface area contributed by atoms with E-state index in [0.717, 1.165) is 22.0 Å². The van der Waals surface area contributed by atoms with Crippen LogP contribution in [0.1, 0.15) is 144 Å². The van der Waals surface area contributed by atoms with E-state index in [9.17, 15) is 72.5 Å². The van der Waals surface area contributed by atoms with Crippen molar-refractivity contribution in [1.82, 2.24) is 51.5 Å². The number of carboxylic acids is 1. The van der Waals surface area contributed by atoms with E-state index in [1.807, 2.05) is 32.0 Å². The third kappa shape index (κ3) is 24.4. The zero-order valence-corrected chi connectivity index (χ0v) is 60.1. The number of methoxy groups -OCH3 is 2. The van der Waals surface area contributed by atoms with Crippen molar-refractivity contribution in [3.05, 3.63) is 77.9 Å². The van der Waals surface area contributed by atoms with Crippen LogP contribution in [-0.2, 0) is 73.6 Å². The maximum atomic E-state index is 14.8. The van der Waals surface area contributed by atoms with Crippen molar-refractivity contribution < 1.29 is 86.8 Å². The second kappa shape index (κ2) is 40.3. The second-order valence-corrected chi connectivity index (χ2v) is 26.7. The fourth-order valence-corrected chi connectivity index (χ4v) is 12.4.